The molecule has 0 spiro atoms. The number of carbonyl (C=O) groups is 2. The Hall–Kier alpha value is -3.22. The molecule has 7 heteroatoms. The molecule has 0 saturated carbocycles. The van der Waals surface area contributed by atoms with E-state index in [-0.39, 0.29) is 5.91 Å². The Labute approximate surface area is 183 Å². The van der Waals surface area contributed by atoms with Crippen LogP contribution in [0.15, 0.2) is 42.5 Å². The van der Waals surface area contributed by atoms with Crippen LogP contribution in [-0.2, 0) is 4.79 Å². The zero-order valence-electron chi connectivity index (χ0n) is 18.8. The first-order valence-corrected chi connectivity index (χ1v) is 10.5. The maximum Gasteiger partial charge on any atom is 0.323 e. The van der Waals surface area contributed by atoms with Gasteiger partial charge in [-0.15, -0.1) is 0 Å². The number of nitrogens with one attached hydrogen (secondary N) is 2. The van der Waals surface area contributed by atoms with E-state index in [4.69, 9.17) is 9.47 Å². The third-order valence-corrected chi connectivity index (χ3v) is 5.21. The molecule has 0 aromatic heterocycles. The number of para-hydroxylation sites is 2. The third kappa shape index (κ3) is 5.29. The highest BCUT2D eigenvalue weighted by Gasteiger charge is 2.37. The normalized spacial score (nSPS) is 15.0. The summed E-state index contributed by atoms with van der Waals surface area (Å²) in [5.41, 5.74) is 1.17. The fourth-order valence-corrected chi connectivity index (χ4v) is 3.36. The lowest BCUT2D eigenvalue weighted by atomic mass is 9.92. The van der Waals surface area contributed by atoms with Crippen LogP contribution >= 0.6 is 0 Å². The Morgan fingerprint density at radius 1 is 1.19 bits per heavy atom. The van der Waals surface area contributed by atoms with E-state index in [0.29, 0.717) is 47.6 Å². The van der Waals surface area contributed by atoms with Gasteiger partial charge in [-0.2, -0.15) is 0 Å². The summed E-state index contributed by atoms with van der Waals surface area (Å²) in [5.74, 6) is 1.68. The SMILES string of the molecule is COc1ccccc1NC(=O)Nc1ccc2c(c1)N(CCC(C)C)C(=O)C(C)(C)CO2. The minimum Gasteiger partial charge on any atom is -0.495 e. The van der Waals surface area contributed by atoms with Crippen molar-refractivity contribution >= 4 is 29.0 Å². The number of benzene rings is 2. The van der Waals surface area contributed by atoms with E-state index < -0.39 is 11.4 Å². The lowest BCUT2D eigenvalue weighted by molar-refractivity contribution is -0.127. The number of amides is 3. The highest BCUT2D eigenvalue weighted by atomic mass is 16.5. The minimum absolute atomic E-state index is 0.0162. The first-order valence-electron chi connectivity index (χ1n) is 10.5. The quantitative estimate of drug-likeness (QED) is 0.672. The molecule has 0 aliphatic carbocycles. The summed E-state index contributed by atoms with van der Waals surface area (Å²) in [6, 6.07) is 12.1. The second-order valence-electron chi connectivity index (χ2n) is 8.77. The Morgan fingerprint density at radius 3 is 2.65 bits per heavy atom. The number of urea groups is 1. The van der Waals surface area contributed by atoms with E-state index in [2.05, 4.69) is 24.5 Å². The molecule has 1 aliphatic rings. The van der Waals surface area contributed by atoms with E-state index in [1.54, 1.807) is 42.3 Å². The standard InChI is InChI=1S/C24H31N3O4/c1-16(2)12-13-27-19-14-17(10-11-21(19)31-15-24(3,4)22(27)28)25-23(29)26-18-8-6-7-9-20(18)30-5/h6-11,14,16H,12-13,15H2,1-5H3,(H2,25,26,29). The average molecular weight is 426 g/mol. The topological polar surface area (TPSA) is 79.9 Å². The number of fused-ring (bicyclic) bond motifs is 1. The molecule has 0 atom stereocenters. The number of nitrogens with zero attached hydrogens (tertiary/aromatic N) is 1. The van der Waals surface area contributed by atoms with Crippen LogP contribution in [0.2, 0.25) is 0 Å². The summed E-state index contributed by atoms with van der Waals surface area (Å²) >= 11 is 0. The van der Waals surface area contributed by atoms with Crippen molar-refractivity contribution < 1.29 is 19.1 Å². The maximum atomic E-state index is 13.2. The van der Waals surface area contributed by atoms with Crippen LogP contribution in [0.4, 0.5) is 21.9 Å². The van der Waals surface area contributed by atoms with Gasteiger partial charge in [0, 0.05) is 12.2 Å². The number of carbonyl (C=O) groups excluding carboxylic acids is 2. The zero-order chi connectivity index (χ0) is 22.6. The van der Waals surface area contributed by atoms with Gasteiger partial charge in [0.2, 0.25) is 5.91 Å². The Balaban J connectivity index is 1.84. The predicted octanol–water partition coefficient (Wildman–Crippen LogP) is 5.14. The van der Waals surface area contributed by atoms with E-state index >= 15 is 0 Å². The molecular weight excluding hydrogens is 394 g/mol. The molecule has 2 aromatic carbocycles. The maximum absolute atomic E-state index is 13.2. The smallest absolute Gasteiger partial charge is 0.323 e. The van der Waals surface area contributed by atoms with E-state index in [1.165, 1.54) is 0 Å². The lowest BCUT2D eigenvalue weighted by Gasteiger charge is -2.28. The molecule has 0 unspecified atom stereocenters. The molecule has 3 amide bonds. The summed E-state index contributed by atoms with van der Waals surface area (Å²) in [5, 5.41) is 5.62. The number of rotatable bonds is 6. The average Bonchev–Trinajstić information content (AvgIpc) is 2.81. The fourth-order valence-electron chi connectivity index (χ4n) is 3.36. The molecule has 2 N–H and O–H groups in total. The number of anilines is 3. The van der Waals surface area contributed by atoms with Gasteiger partial charge in [-0.05, 0) is 56.5 Å². The van der Waals surface area contributed by atoms with E-state index in [1.807, 2.05) is 26.0 Å². The lowest BCUT2D eigenvalue weighted by Crippen LogP contribution is -2.42. The van der Waals surface area contributed by atoms with Crippen LogP contribution in [-0.4, -0.2) is 32.2 Å². The summed E-state index contributed by atoms with van der Waals surface area (Å²) in [4.78, 5) is 27.6. The van der Waals surface area contributed by atoms with Gasteiger partial charge in [0.1, 0.15) is 18.1 Å². The number of hydrogen-bond acceptors (Lipinski definition) is 4. The van der Waals surface area contributed by atoms with Crippen molar-refractivity contribution in [2.24, 2.45) is 11.3 Å². The Bertz CT molecular complexity index is 956. The molecule has 2 aromatic rings. The van der Waals surface area contributed by atoms with Crippen molar-refractivity contribution in [1.82, 2.24) is 0 Å². The summed E-state index contributed by atoms with van der Waals surface area (Å²) in [6.45, 7) is 8.94. The first kappa shape index (κ1) is 22.5. The van der Waals surface area contributed by atoms with Gasteiger partial charge < -0.3 is 25.0 Å². The van der Waals surface area contributed by atoms with E-state index in [0.717, 1.165) is 6.42 Å². The van der Waals surface area contributed by atoms with Crippen LogP contribution < -0.4 is 25.0 Å². The minimum atomic E-state index is -0.634. The van der Waals surface area contributed by atoms with Crippen LogP contribution in [0.25, 0.3) is 0 Å². The molecule has 7 nitrogen and oxygen atoms in total. The second kappa shape index (κ2) is 9.29. The fraction of sp³-hybridized carbons (Fsp3) is 0.417. The van der Waals surface area contributed by atoms with Crippen molar-refractivity contribution in [3.8, 4) is 11.5 Å². The molecule has 31 heavy (non-hydrogen) atoms. The second-order valence-corrected chi connectivity index (χ2v) is 8.77. The molecule has 1 aliphatic heterocycles. The molecule has 1 heterocycles. The number of methoxy groups -OCH3 is 1. The molecule has 166 valence electrons. The van der Waals surface area contributed by atoms with Gasteiger partial charge in [0.25, 0.3) is 0 Å². The molecule has 0 fully saturated rings. The number of hydrogen-bond donors (Lipinski definition) is 2. The number of ether oxygens (including phenoxy) is 2. The molecule has 0 radical (unpaired) electrons. The molecule has 0 saturated heterocycles. The van der Waals surface area contributed by atoms with Crippen LogP contribution in [0.5, 0.6) is 11.5 Å². The summed E-state index contributed by atoms with van der Waals surface area (Å²) in [6.07, 6.45) is 0.868. The highest BCUT2D eigenvalue weighted by Crippen LogP contribution is 2.38. The van der Waals surface area contributed by atoms with Crippen LogP contribution in [0.3, 0.4) is 0 Å². The highest BCUT2D eigenvalue weighted by molar-refractivity contribution is 6.03. The predicted molar refractivity (Wildman–Crippen MR) is 123 cm³/mol. The molecule has 3 rings (SSSR count). The van der Waals surface area contributed by atoms with Gasteiger partial charge >= 0.3 is 6.03 Å². The Morgan fingerprint density at radius 2 is 1.94 bits per heavy atom. The van der Waals surface area contributed by atoms with E-state index in [9.17, 15) is 9.59 Å². The zero-order valence-corrected chi connectivity index (χ0v) is 18.8. The van der Waals surface area contributed by atoms with Crippen LogP contribution in [0, 0.1) is 11.3 Å². The molecular formula is C24H31N3O4. The van der Waals surface area contributed by atoms with Crippen molar-refractivity contribution in [1.29, 1.82) is 0 Å². The largest absolute Gasteiger partial charge is 0.495 e. The summed E-state index contributed by atoms with van der Waals surface area (Å²) < 4.78 is 11.2. The van der Waals surface area contributed by atoms with Crippen molar-refractivity contribution in [3.63, 3.8) is 0 Å². The van der Waals surface area contributed by atoms with Gasteiger partial charge in [0.15, 0.2) is 0 Å². The van der Waals surface area contributed by atoms with Gasteiger partial charge in [0.05, 0.1) is 23.9 Å². The monoisotopic (exact) mass is 425 g/mol. The molecule has 0 bridgehead atoms. The summed E-state index contributed by atoms with van der Waals surface area (Å²) in [7, 11) is 1.55. The third-order valence-electron chi connectivity index (χ3n) is 5.21. The van der Waals surface area contributed by atoms with Crippen molar-refractivity contribution in [2.75, 3.05) is 35.8 Å². The van der Waals surface area contributed by atoms with Crippen molar-refractivity contribution in [3.05, 3.63) is 42.5 Å². The van der Waals surface area contributed by atoms with Crippen LogP contribution in [0.1, 0.15) is 34.1 Å². The first-order chi connectivity index (χ1) is 14.7. The van der Waals surface area contributed by atoms with Gasteiger partial charge in [-0.3, -0.25) is 4.79 Å². The van der Waals surface area contributed by atoms with Gasteiger partial charge in [-0.25, -0.2) is 4.79 Å². The van der Waals surface area contributed by atoms with Gasteiger partial charge in [-0.1, -0.05) is 26.0 Å². The Kier molecular flexibility index (Phi) is 6.73. The van der Waals surface area contributed by atoms with Crippen molar-refractivity contribution in [2.45, 2.75) is 34.1 Å².